The molecule has 0 bridgehead atoms. The van der Waals surface area contributed by atoms with E-state index in [-0.39, 0.29) is 5.60 Å². The van der Waals surface area contributed by atoms with Gasteiger partial charge in [0.2, 0.25) is 0 Å². The minimum absolute atomic E-state index is 0.140. The van der Waals surface area contributed by atoms with E-state index in [1.54, 1.807) is 0 Å². The van der Waals surface area contributed by atoms with Crippen LogP contribution in [0.1, 0.15) is 27.7 Å². The third-order valence-corrected chi connectivity index (χ3v) is 0.803. The van der Waals surface area contributed by atoms with E-state index in [1.165, 1.54) is 0 Å². The van der Waals surface area contributed by atoms with Crippen LogP contribution in [0.5, 0.6) is 0 Å². The molecule has 0 aromatic heterocycles. The zero-order chi connectivity index (χ0) is 8.20. The molecule has 0 fully saturated rings. The summed E-state index contributed by atoms with van der Waals surface area (Å²) in [6.45, 7) is 12.6. The fraction of sp³-hybridized carbons (Fsp3) is 0.750. The molecule has 2 heteroatoms. The number of hydrogen-bond acceptors (Lipinski definition) is 2. The summed E-state index contributed by atoms with van der Waals surface area (Å²) in [5, 5.41) is 2.99. The van der Waals surface area contributed by atoms with Crippen LogP contribution in [0, 0.1) is 0 Å². The second-order valence-electron chi connectivity index (χ2n) is 3.17. The third-order valence-electron chi connectivity index (χ3n) is 0.803. The molecule has 0 atom stereocenters. The summed E-state index contributed by atoms with van der Waals surface area (Å²) in [7, 11) is 0. The first kappa shape index (κ1) is 9.34. The average molecular weight is 143 g/mol. The van der Waals surface area contributed by atoms with Gasteiger partial charge in [-0.05, 0) is 34.3 Å². The molecule has 1 N–H and O–H groups in total. The van der Waals surface area contributed by atoms with Crippen molar-refractivity contribution in [3.63, 3.8) is 0 Å². The Labute approximate surface area is 63.3 Å². The van der Waals surface area contributed by atoms with Gasteiger partial charge in [-0.25, -0.2) is 0 Å². The Bertz CT molecular complexity index is 113. The van der Waals surface area contributed by atoms with Crippen LogP contribution in [0.25, 0.3) is 0 Å². The molecule has 10 heavy (non-hydrogen) atoms. The van der Waals surface area contributed by atoms with Gasteiger partial charge < -0.3 is 10.1 Å². The first-order chi connectivity index (χ1) is 4.45. The minimum atomic E-state index is -0.140. The van der Waals surface area contributed by atoms with Crippen LogP contribution in [0.4, 0.5) is 0 Å². The number of rotatable bonds is 3. The summed E-state index contributed by atoms with van der Waals surface area (Å²) in [5.74, 6) is 0.648. The van der Waals surface area contributed by atoms with E-state index in [4.69, 9.17) is 4.74 Å². The van der Waals surface area contributed by atoms with Gasteiger partial charge in [0.1, 0.15) is 5.60 Å². The summed E-state index contributed by atoms with van der Waals surface area (Å²) in [5.41, 5.74) is -0.140. The van der Waals surface area contributed by atoms with Crippen LogP contribution in [-0.2, 0) is 4.74 Å². The van der Waals surface area contributed by atoms with Crippen molar-refractivity contribution in [2.45, 2.75) is 33.3 Å². The van der Waals surface area contributed by atoms with E-state index >= 15 is 0 Å². The van der Waals surface area contributed by atoms with Crippen molar-refractivity contribution in [2.24, 2.45) is 0 Å². The maximum Gasteiger partial charge on any atom is 0.179 e. The van der Waals surface area contributed by atoms with Crippen molar-refractivity contribution >= 4 is 0 Å². The number of nitrogens with one attached hydrogen (secondary N) is 1. The molecule has 0 amide bonds. The van der Waals surface area contributed by atoms with Gasteiger partial charge in [-0.2, -0.15) is 0 Å². The van der Waals surface area contributed by atoms with Crippen molar-refractivity contribution in [3.8, 4) is 0 Å². The monoisotopic (exact) mass is 143 g/mol. The molecule has 0 aliphatic heterocycles. The number of hydrogen-bond donors (Lipinski definition) is 1. The number of ether oxygens (including phenoxy) is 1. The van der Waals surface area contributed by atoms with Gasteiger partial charge in [-0.3, -0.25) is 0 Å². The van der Waals surface area contributed by atoms with Crippen LogP contribution in [0.2, 0.25) is 0 Å². The van der Waals surface area contributed by atoms with Crippen molar-refractivity contribution in [2.75, 3.05) is 6.54 Å². The molecule has 0 saturated heterocycles. The van der Waals surface area contributed by atoms with E-state index in [0.29, 0.717) is 5.88 Å². The Morgan fingerprint density at radius 3 is 2.30 bits per heavy atom. The Hall–Kier alpha value is -0.660. The SMILES string of the molecule is C=C(NCC)OC(C)(C)C. The average Bonchev–Trinajstić information content (AvgIpc) is 1.59. The lowest BCUT2D eigenvalue weighted by Crippen LogP contribution is -2.24. The van der Waals surface area contributed by atoms with Crippen LogP contribution < -0.4 is 5.32 Å². The summed E-state index contributed by atoms with van der Waals surface area (Å²) < 4.78 is 5.37. The van der Waals surface area contributed by atoms with E-state index in [1.807, 2.05) is 27.7 Å². The zero-order valence-electron chi connectivity index (χ0n) is 7.32. The van der Waals surface area contributed by atoms with Crippen LogP contribution in [0.3, 0.4) is 0 Å². The summed E-state index contributed by atoms with van der Waals surface area (Å²) in [4.78, 5) is 0. The van der Waals surface area contributed by atoms with Crippen LogP contribution >= 0.6 is 0 Å². The van der Waals surface area contributed by atoms with Gasteiger partial charge in [0.05, 0.1) is 0 Å². The highest BCUT2D eigenvalue weighted by Gasteiger charge is 2.11. The largest absolute Gasteiger partial charge is 0.474 e. The lowest BCUT2D eigenvalue weighted by molar-refractivity contribution is 0.0420. The first-order valence-electron chi connectivity index (χ1n) is 3.57. The molecular formula is C8H17NO. The topological polar surface area (TPSA) is 21.3 Å². The Balaban J connectivity index is 3.58. The Morgan fingerprint density at radius 2 is 2.00 bits per heavy atom. The maximum absolute atomic E-state index is 5.37. The Kier molecular flexibility index (Phi) is 3.26. The summed E-state index contributed by atoms with van der Waals surface area (Å²) >= 11 is 0. The van der Waals surface area contributed by atoms with Gasteiger partial charge in [-0.1, -0.05) is 0 Å². The molecule has 0 aromatic rings. The highest BCUT2D eigenvalue weighted by molar-refractivity contribution is 4.81. The molecule has 0 aromatic carbocycles. The highest BCUT2D eigenvalue weighted by Crippen LogP contribution is 2.09. The Morgan fingerprint density at radius 1 is 1.50 bits per heavy atom. The van der Waals surface area contributed by atoms with Gasteiger partial charge in [-0.15, -0.1) is 0 Å². The predicted molar refractivity (Wildman–Crippen MR) is 43.7 cm³/mol. The van der Waals surface area contributed by atoms with E-state index in [9.17, 15) is 0 Å². The third kappa shape index (κ3) is 5.48. The molecule has 0 unspecified atom stereocenters. The molecule has 0 spiro atoms. The van der Waals surface area contributed by atoms with E-state index < -0.39 is 0 Å². The molecule has 0 radical (unpaired) electrons. The van der Waals surface area contributed by atoms with Crippen molar-refractivity contribution in [1.29, 1.82) is 0 Å². The van der Waals surface area contributed by atoms with E-state index in [2.05, 4.69) is 11.9 Å². The maximum atomic E-state index is 5.37. The fourth-order valence-corrected chi connectivity index (χ4v) is 0.603. The van der Waals surface area contributed by atoms with Crippen molar-refractivity contribution in [1.82, 2.24) is 5.32 Å². The van der Waals surface area contributed by atoms with Gasteiger partial charge in [0.25, 0.3) is 0 Å². The molecule has 0 rings (SSSR count). The second kappa shape index (κ2) is 3.49. The van der Waals surface area contributed by atoms with Crippen molar-refractivity contribution < 1.29 is 4.74 Å². The lowest BCUT2D eigenvalue weighted by Gasteiger charge is -2.22. The second-order valence-corrected chi connectivity index (χ2v) is 3.17. The molecule has 0 saturated carbocycles. The molecule has 0 aliphatic carbocycles. The van der Waals surface area contributed by atoms with Gasteiger partial charge >= 0.3 is 0 Å². The first-order valence-corrected chi connectivity index (χ1v) is 3.57. The fourth-order valence-electron chi connectivity index (χ4n) is 0.603. The van der Waals surface area contributed by atoms with E-state index in [0.717, 1.165) is 6.54 Å². The molecule has 0 aliphatic rings. The normalized spacial score (nSPS) is 10.8. The summed E-state index contributed by atoms with van der Waals surface area (Å²) in [6, 6.07) is 0. The lowest BCUT2D eigenvalue weighted by atomic mass is 10.2. The van der Waals surface area contributed by atoms with Crippen LogP contribution in [0.15, 0.2) is 12.5 Å². The zero-order valence-corrected chi connectivity index (χ0v) is 7.32. The standard InChI is InChI=1S/C8H17NO/c1-6-9-7(2)10-8(3,4)5/h9H,2,6H2,1,3-5H3. The molecule has 60 valence electrons. The van der Waals surface area contributed by atoms with Gasteiger partial charge in [0, 0.05) is 6.54 Å². The predicted octanol–water partition coefficient (Wildman–Crippen LogP) is 1.88. The van der Waals surface area contributed by atoms with Gasteiger partial charge in [0.15, 0.2) is 5.88 Å². The smallest absolute Gasteiger partial charge is 0.179 e. The summed E-state index contributed by atoms with van der Waals surface area (Å²) in [6.07, 6.45) is 0. The van der Waals surface area contributed by atoms with Crippen LogP contribution in [-0.4, -0.2) is 12.1 Å². The quantitative estimate of drug-likeness (QED) is 0.609. The van der Waals surface area contributed by atoms with Crippen molar-refractivity contribution in [3.05, 3.63) is 12.5 Å². The highest BCUT2D eigenvalue weighted by atomic mass is 16.5. The molecule has 2 nitrogen and oxygen atoms in total. The molecule has 0 heterocycles. The molecular weight excluding hydrogens is 126 g/mol. The minimum Gasteiger partial charge on any atom is -0.474 e.